The number of hydrogen-bond acceptors (Lipinski definition) is 2. The van der Waals surface area contributed by atoms with Crippen molar-refractivity contribution in [3.05, 3.63) is 34.2 Å². The first-order valence-corrected chi connectivity index (χ1v) is 8.10. The first kappa shape index (κ1) is 15.8. The van der Waals surface area contributed by atoms with E-state index in [2.05, 4.69) is 16.9 Å². The van der Waals surface area contributed by atoms with E-state index in [9.17, 15) is 9.90 Å². The van der Waals surface area contributed by atoms with Gasteiger partial charge in [-0.3, -0.25) is 0 Å². The van der Waals surface area contributed by atoms with Gasteiger partial charge < -0.3 is 15.1 Å². The van der Waals surface area contributed by atoms with Crippen molar-refractivity contribution in [1.29, 1.82) is 0 Å². The van der Waals surface area contributed by atoms with Crippen molar-refractivity contribution < 1.29 is 5.11 Å². The third-order valence-electron chi connectivity index (χ3n) is 4.01. The van der Waals surface area contributed by atoms with Gasteiger partial charge in [0.25, 0.3) is 0 Å². The van der Waals surface area contributed by atoms with Gasteiger partial charge >= 0.3 is 5.69 Å². The van der Waals surface area contributed by atoms with Crippen molar-refractivity contribution in [3.63, 3.8) is 0 Å². The summed E-state index contributed by atoms with van der Waals surface area (Å²) in [6.07, 6.45) is 9.09. The molecule has 0 spiro atoms. The van der Waals surface area contributed by atoms with Crippen LogP contribution in [0.15, 0.2) is 23.0 Å². The van der Waals surface area contributed by atoms with Crippen LogP contribution in [0.4, 0.5) is 0 Å². The van der Waals surface area contributed by atoms with Crippen molar-refractivity contribution in [2.45, 2.75) is 64.4 Å². The molecule has 0 amide bonds. The van der Waals surface area contributed by atoms with Gasteiger partial charge in [0.2, 0.25) is 0 Å². The molecule has 4 heteroatoms. The maximum atomic E-state index is 11.2. The van der Waals surface area contributed by atoms with E-state index >= 15 is 0 Å². The Hall–Kier alpha value is -1.55. The number of benzene rings is 1. The zero-order valence-corrected chi connectivity index (χ0v) is 12.8. The monoisotopic (exact) mass is 290 g/mol. The number of imidazole rings is 1. The molecule has 1 aromatic carbocycles. The number of rotatable bonds is 9. The lowest BCUT2D eigenvalue weighted by Crippen LogP contribution is -1.99. The fourth-order valence-corrected chi connectivity index (χ4v) is 2.72. The molecule has 21 heavy (non-hydrogen) atoms. The molecule has 0 saturated heterocycles. The third-order valence-corrected chi connectivity index (χ3v) is 4.01. The number of aliphatic hydroxyl groups is 1. The predicted molar refractivity (Wildman–Crippen MR) is 86.5 cm³/mol. The molecular formula is C17H26N2O2. The first-order chi connectivity index (χ1) is 10.2. The minimum Gasteiger partial charge on any atom is -0.388 e. The molecule has 3 N–H and O–H groups in total. The van der Waals surface area contributed by atoms with Crippen molar-refractivity contribution >= 4 is 11.0 Å². The molecule has 0 aliphatic rings. The van der Waals surface area contributed by atoms with Gasteiger partial charge in [-0.1, -0.05) is 57.9 Å². The van der Waals surface area contributed by atoms with Crippen LogP contribution in [0.2, 0.25) is 0 Å². The summed E-state index contributed by atoms with van der Waals surface area (Å²) in [5, 5.41) is 10.2. The van der Waals surface area contributed by atoms with E-state index in [0.717, 1.165) is 29.4 Å². The summed E-state index contributed by atoms with van der Waals surface area (Å²) in [5.41, 5.74) is 2.22. The topological polar surface area (TPSA) is 68.9 Å². The van der Waals surface area contributed by atoms with E-state index in [4.69, 9.17) is 0 Å². The molecule has 2 rings (SSSR count). The third kappa shape index (κ3) is 4.74. The van der Waals surface area contributed by atoms with Crippen molar-refractivity contribution in [2.75, 3.05) is 0 Å². The number of H-pyrrole nitrogens is 2. The summed E-state index contributed by atoms with van der Waals surface area (Å²) in [5.74, 6) is 0. The lowest BCUT2D eigenvalue weighted by atomic mass is 10.0. The second-order valence-corrected chi connectivity index (χ2v) is 5.81. The Kier molecular flexibility index (Phi) is 6.05. The molecule has 1 unspecified atom stereocenters. The molecule has 0 saturated carbocycles. The Bertz CT molecular complexity index is 600. The highest BCUT2D eigenvalue weighted by Gasteiger charge is 2.09. The number of aliphatic hydroxyl groups excluding tert-OH is 1. The zero-order chi connectivity index (χ0) is 15.1. The number of fused-ring (bicyclic) bond motifs is 1. The van der Waals surface area contributed by atoms with Gasteiger partial charge in [0.15, 0.2) is 0 Å². The Morgan fingerprint density at radius 2 is 1.67 bits per heavy atom. The summed E-state index contributed by atoms with van der Waals surface area (Å²) in [6, 6.07) is 5.59. The lowest BCUT2D eigenvalue weighted by molar-refractivity contribution is 0.163. The normalized spacial score (nSPS) is 12.9. The van der Waals surface area contributed by atoms with Gasteiger partial charge in [0, 0.05) is 0 Å². The molecule has 0 fully saturated rings. The Balaban J connectivity index is 1.76. The van der Waals surface area contributed by atoms with E-state index in [-0.39, 0.29) is 5.69 Å². The second kappa shape index (κ2) is 8.03. The van der Waals surface area contributed by atoms with Crippen LogP contribution in [0.5, 0.6) is 0 Å². The van der Waals surface area contributed by atoms with Crippen LogP contribution < -0.4 is 5.69 Å². The van der Waals surface area contributed by atoms with Gasteiger partial charge in [0.1, 0.15) is 0 Å². The fourth-order valence-electron chi connectivity index (χ4n) is 2.72. The van der Waals surface area contributed by atoms with Crippen molar-refractivity contribution in [3.8, 4) is 0 Å². The quantitative estimate of drug-likeness (QED) is 0.610. The highest BCUT2D eigenvalue weighted by atomic mass is 16.3. The summed E-state index contributed by atoms with van der Waals surface area (Å²) >= 11 is 0. The smallest absolute Gasteiger partial charge is 0.323 e. The van der Waals surface area contributed by atoms with Crippen molar-refractivity contribution in [2.24, 2.45) is 0 Å². The van der Waals surface area contributed by atoms with Crippen LogP contribution in [0, 0.1) is 0 Å². The molecular weight excluding hydrogens is 264 g/mol. The molecule has 0 bridgehead atoms. The molecule has 1 heterocycles. The molecule has 116 valence electrons. The van der Waals surface area contributed by atoms with Crippen LogP contribution in [0.25, 0.3) is 11.0 Å². The summed E-state index contributed by atoms with van der Waals surface area (Å²) < 4.78 is 0. The number of hydrogen-bond donors (Lipinski definition) is 3. The average molecular weight is 290 g/mol. The second-order valence-electron chi connectivity index (χ2n) is 5.81. The lowest BCUT2D eigenvalue weighted by Gasteiger charge is -2.11. The molecule has 2 aromatic rings. The van der Waals surface area contributed by atoms with Gasteiger partial charge in [-0.25, -0.2) is 4.79 Å². The van der Waals surface area contributed by atoms with Crippen LogP contribution in [0.3, 0.4) is 0 Å². The van der Waals surface area contributed by atoms with E-state index in [1.807, 2.05) is 18.2 Å². The van der Waals surface area contributed by atoms with E-state index < -0.39 is 6.10 Å². The van der Waals surface area contributed by atoms with Crippen LogP contribution in [-0.2, 0) is 0 Å². The molecule has 0 aliphatic heterocycles. The van der Waals surface area contributed by atoms with Crippen LogP contribution >= 0.6 is 0 Å². The Morgan fingerprint density at radius 3 is 2.43 bits per heavy atom. The summed E-state index contributed by atoms with van der Waals surface area (Å²) in [6.45, 7) is 2.23. The van der Waals surface area contributed by atoms with Crippen molar-refractivity contribution in [1.82, 2.24) is 9.97 Å². The summed E-state index contributed by atoms with van der Waals surface area (Å²) in [7, 11) is 0. The highest BCUT2D eigenvalue weighted by molar-refractivity contribution is 5.75. The number of aromatic nitrogens is 2. The molecule has 1 atom stereocenters. The van der Waals surface area contributed by atoms with Crippen LogP contribution in [0.1, 0.15) is 70.0 Å². The predicted octanol–water partition coefficient (Wildman–Crippen LogP) is 4.03. The molecule has 0 aliphatic carbocycles. The SMILES string of the molecule is CCCCCCCCCC(O)c1ccc2[nH]c(=O)[nH]c2c1. The molecule has 0 radical (unpaired) electrons. The van der Waals surface area contributed by atoms with Gasteiger partial charge in [-0.05, 0) is 24.1 Å². The minimum absolute atomic E-state index is 0.205. The Morgan fingerprint density at radius 1 is 1.00 bits per heavy atom. The van der Waals surface area contributed by atoms with E-state index in [0.29, 0.717) is 0 Å². The van der Waals surface area contributed by atoms with Gasteiger partial charge in [0.05, 0.1) is 17.1 Å². The first-order valence-electron chi connectivity index (χ1n) is 8.10. The minimum atomic E-state index is -0.441. The Labute approximate surface area is 125 Å². The molecule has 1 aromatic heterocycles. The standard InChI is InChI=1S/C17H26N2O2/c1-2-3-4-5-6-7-8-9-16(20)13-10-11-14-15(12-13)19-17(21)18-14/h10-12,16,20H,2-9H2,1H3,(H2,18,19,21). The maximum Gasteiger partial charge on any atom is 0.323 e. The average Bonchev–Trinajstić information content (AvgIpc) is 2.85. The molecule has 4 nitrogen and oxygen atoms in total. The maximum absolute atomic E-state index is 11.2. The number of aromatic amines is 2. The zero-order valence-electron chi connectivity index (χ0n) is 12.8. The van der Waals surface area contributed by atoms with E-state index in [1.54, 1.807) is 0 Å². The van der Waals surface area contributed by atoms with Gasteiger partial charge in [-0.15, -0.1) is 0 Å². The van der Waals surface area contributed by atoms with Crippen LogP contribution in [-0.4, -0.2) is 15.1 Å². The fraction of sp³-hybridized carbons (Fsp3) is 0.588. The van der Waals surface area contributed by atoms with E-state index in [1.165, 1.54) is 38.5 Å². The summed E-state index contributed by atoms with van der Waals surface area (Å²) in [4.78, 5) is 16.7. The largest absolute Gasteiger partial charge is 0.388 e. The number of nitrogens with one attached hydrogen (secondary N) is 2. The van der Waals surface area contributed by atoms with Gasteiger partial charge in [-0.2, -0.15) is 0 Å². The highest BCUT2D eigenvalue weighted by Crippen LogP contribution is 2.22. The number of unbranched alkanes of at least 4 members (excludes halogenated alkanes) is 6.